The summed E-state index contributed by atoms with van der Waals surface area (Å²) in [6, 6.07) is 0. The van der Waals surface area contributed by atoms with Gasteiger partial charge in [-0.2, -0.15) is 4.98 Å². The summed E-state index contributed by atoms with van der Waals surface area (Å²) >= 11 is 0. The molecule has 1 aromatic rings. The van der Waals surface area contributed by atoms with Crippen LogP contribution in [0.1, 0.15) is 26.1 Å². The van der Waals surface area contributed by atoms with Gasteiger partial charge < -0.3 is 15.3 Å². The lowest BCUT2D eigenvalue weighted by atomic mass is 9.94. The van der Waals surface area contributed by atoms with Crippen LogP contribution in [-0.2, 0) is 5.41 Å². The smallest absolute Gasteiger partial charge is 0.244 e. The van der Waals surface area contributed by atoms with Crippen LogP contribution in [0.2, 0.25) is 0 Å². The van der Waals surface area contributed by atoms with E-state index in [0.717, 1.165) is 44.4 Å². The lowest BCUT2D eigenvalue weighted by Gasteiger charge is -2.19. The second-order valence-electron chi connectivity index (χ2n) is 5.12. The zero-order chi connectivity index (χ0) is 12.3. The Bertz CT molecular complexity index is 354. The molecule has 6 nitrogen and oxygen atoms in total. The Labute approximate surface area is 101 Å². The molecule has 0 saturated carbocycles. The van der Waals surface area contributed by atoms with E-state index in [9.17, 15) is 5.11 Å². The van der Waals surface area contributed by atoms with Gasteiger partial charge in [0, 0.05) is 25.0 Å². The molecule has 2 rings (SSSR count). The Balaban J connectivity index is 2.11. The Morgan fingerprint density at radius 1 is 1.35 bits per heavy atom. The molecule has 1 aromatic heterocycles. The molecule has 0 spiro atoms. The highest BCUT2D eigenvalue weighted by Gasteiger charge is 2.25. The van der Waals surface area contributed by atoms with Gasteiger partial charge in [-0.05, 0) is 13.0 Å². The molecule has 0 bridgehead atoms. The van der Waals surface area contributed by atoms with Crippen molar-refractivity contribution in [3.63, 3.8) is 0 Å². The summed E-state index contributed by atoms with van der Waals surface area (Å²) < 4.78 is 0. The number of aromatic amines is 1. The number of rotatable bonds is 3. The molecule has 1 saturated heterocycles. The molecule has 1 aliphatic heterocycles. The maximum atomic E-state index is 9.30. The molecule has 0 radical (unpaired) electrons. The summed E-state index contributed by atoms with van der Waals surface area (Å²) in [4.78, 5) is 6.66. The van der Waals surface area contributed by atoms with Gasteiger partial charge in [-0.15, -0.1) is 5.10 Å². The molecule has 96 valence electrons. The molecule has 17 heavy (non-hydrogen) atoms. The summed E-state index contributed by atoms with van der Waals surface area (Å²) in [6.45, 7) is 7.87. The van der Waals surface area contributed by atoms with E-state index in [0.29, 0.717) is 0 Å². The van der Waals surface area contributed by atoms with E-state index in [4.69, 9.17) is 0 Å². The van der Waals surface area contributed by atoms with Crippen molar-refractivity contribution in [1.29, 1.82) is 0 Å². The van der Waals surface area contributed by atoms with Gasteiger partial charge in [0.15, 0.2) is 0 Å². The number of hydrogen-bond acceptors (Lipinski definition) is 5. The van der Waals surface area contributed by atoms with Crippen molar-refractivity contribution in [2.24, 2.45) is 0 Å². The second-order valence-corrected chi connectivity index (χ2v) is 5.12. The van der Waals surface area contributed by atoms with Crippen molar-refractivity contribution in [3.05, 3.63) is 5.82 Å². The first-order chi connectivity index (χ1) is 8.13. The predicted octanol–water partition coefficient (Wildman–Crippen LogP) is -0.126. The van der Waals surface area contributed by atoms with Gasteiger partial charge in [-0.25, -0.2) is 0 Å². The fraction of sp³-hybridized carbons (Fsp3) is 0.818. The minimum absolute atomic E-state index is 0.0587. The first-order valence-electron chi connectivity index (χ1n) is 6.13. The van der Waals surface area contributed by atoms with Crippen LogP contribution in [0.3, 0.4) is 0 Å². The highest BCUT2D eigenvalue weighted by atomic mass is 16.3. The van der Waals surface area contributed by atoms with Crippen LogP contribution in [-0.4, -0.2) is 53.1 Å². The molecule has 3 N–H and O–H groups in total. The topological polar surface area (TPSA) is 77.1 Å². The number of nitrogens with zero attached hydrogens (tertiary/aromatic N) is 3. The van der Waals surface area contributed by atoms with Crippen LogP contribution in [0.25, 0.3) is 0 Å². The molecule has 1 aliphatic rings. The number of aliphatic hydroxyl groups is 1. The Kier molecular flexibility index (Phi) is 3.63. The summed E-state index contributed by atoms with van der Waals surface area (Å²) in [6.07, 6.45) is 1.10. The number of hydrogen-bond donors (Lipinski definition) is 3. The fourth-order valence-electron chi connectivity index (χ4n) is 1.82. The van der Waals surface area contributed by atoms with Crippen LogP contribution in [0.5, 0.6) is 0 Å². The highest BCUT2D eigenvalue weighted by molar-refractivity contribution is 5.30. The van der Waals surface area contributed by atoms with E-state index in [-0.39, 0.29) is 12.0 Å². The van der Waals surface area contributed by atoms with Crippen molar-refractivity contribution in [1.82, 2.24) is 20.5 Å². The Morgan fingerprint density at radius 3 is 2.94 bits per heavy atom. The molecule has 6 heteroatoms. The van der Waals surface area contributed by atoms with Gasteiger partial charge in [0.2, 0.25) is 5.95 Å². The maximum absolute atomic E-state index is 9.30. The summed E-state index contributed by atoms with van der Waals surface area (Å²) in [7, 11) is 0. The van der Waals surface area contributed by atoms with Crippen molar-refractivity contribution < 1.29 is 5.11 Å². The van der Waals surface area contributed by atoms with E-state index < -0.39 is 0 Å². The number of aromatic nitrogens is 3. The van der Waals surface area contributed by atoms with E-state index >= 15 is 0 Å². The molecule has 0 amide bonds. The number of nitrogens with one attached hydrogen (secondary N) is 2. The largest absolute Gasteiger partial charge is 0.395 e. The fourth-order valence-corrected chi connectivity index (χ4v) is 1.82. The summed E-state index contributed by atoms with van der Waals surface area (Å²) in [5.74, 6) is 1.48. The zero-order valence-electron chi connectivity index (χ0n) is 10.5. The SMILES string of the molecule is CC(C)(CO)c1nc(N2CCCNCC2)n[nH]1. The summed E-state index contributed by atoms with van der Waals surface area (Å²) in [5, 5.41) is 19.8. The Morgan fingerprint density at radius 2 is 2.18 bits per heavy atom. The molecular weight excluding hydrogens is 218 g/mol. The minimum Gasteiger partial charge on any atom is -0.395 e. The summed E-state index contributed by atoms with van der Waals surface area (Å²) in [5.41, 5.74) is -0.366. The average molecular weight is 239 g/mol. The standard InChI is InChI=1S/C11H21N5O/c1-11(2,8-17)9-13-10(15-14-9)16-6-3-4-12-5-7-16/h12,17H,3-8H2,1-2H3,(H,13,14,15). The van der Waals surface area contributed by atoms with Crippen molar-refractivity contribution in [2.75, 3.05) is 37.7 Å². The third kappa shape index (κ3) is 2.76. The highest BCUT2D eigenvalue weighted by Crippen LogP contribution is 2.20. The minimum atomic E-state index is -0.366. The number of H-pyrrole nitrogens is 1. The zero-order valence-corrected chi connectivity index (χ0v) is 10.5. The number of aliphatic hydroxyl groups excluding tert-OH is 1. The van der Waals surface area contributed by atoms with Gasteiger partial charge in [-0.1, -0.05) is 13.8 Å². The van der Waals surface area contributed by atoms with Gasteiger partial charge in [0.25, 0.3) is 0 Å². The molecule has 0 aliphatic carbocycles. The third-order valence-corrected chi connectivity index (χ3v) is 3.13. The molecule has 0 atom stereocenters. The lowest BCUT2D eigenvalue weighted by Crippen LogP contribution is -2.29. The first-order valence-corrected chi connectivity index (χ1v) is 6.13. The molecule has 2 heterocycles. The molecule has 0 aromatic carbocycles. The second kappa shape index (κ2) is 5.01. The van der Waals surface area contributed by atoms with Gasteiger partial charge in [-0.3, -0.25) is 5.10 Å². The van der Waals surface area contributed by atoms with Crippen LogP contribution in [0.15, 0.2) is 0 Å². The van der Waals surface area contributed by atoms with E-state index in [1.165, 1.54) is 0 Å². The third-order valence-electron chi connectivity index (χ3n) is 3.13. The van der Waals surface area contributed by atoms with Gasteiger partial charge in [0.1, 0.15) is 5.82 Å². The van der Waals surface area contributed by atoms with Gasteiger partial charge in [0.05, 0.1) is 6.61 Å². The first kappa shape index (κ1) is 12.3. The van der Waals surface area contributed by atoms with Gasteiger partial charge >= 0.3 is 0 Å². The van der Waals surface area contributed by atoms with Crippen LogP contribution in [0, 0.1) is 0 Å². The Hall–Kier alpha value is -1.14. The molecular formula is C11H21N5O. The van der Waals surface area contributed by atoms with E-state index in [2.05, 4.69) is 25.4 Å². The number of anilines is 1. The monoisotopic (exact) mass is 239 g/mol. The normalized spacial score (nSPS) is 18.2. The molecule has 0 unspecified atom stereocenters. The van der Waals surface area contributed by atoms with Crippen LogP contribution >= 0.6 is 0 Å². The van der Waals surface area contributed by atoms with Crippen LogP contribution in [0.4, 0.5) is 5.95 Å². The van der Waals surface area contributed by atoms with Crippen molar-refractivity contribution >= 4 is 5.95 Å². The maximum Gasteiger partial charge on any atom is 0.244 e. The molecule has 1 fully saturated rings. The average Bonchev–Trinajstić information content (AvgIpc) is 2.67. The predicted molar refractivity (Wildman–Crippen MR) is 66.2 cm³/mol. The van der Waals surface area contributed by atoms with Crippen LogP contribution < -0.4 is 10.2 Å². The van der Waals surface area contributed by atoms with E-state index in [1.807, 2.05) is 13.8 Å². The lowest BCUT2D eigenvalue weighted by molar-refractivity contribution is 0.212. The van der Waals surface area contributed by atoms with Crippen molar-refractivity contribution in [3.8, 4) is 0 Å². The van der Waals surface area contributed by atoms with E-state index in [1.54, 1.807) is 0 Å². The quantitative estimate of drug-likeness (QED) is 0.685. The van der Waals surface area contributed by atoms with Crippen molar-refractivity contribution in [2.45, 2.75) is 25.7 Å².